The molecule has 1 aromatic rings. The van der Waals surface area contributed by atoms with E-state index in [1.807, 2.05) is 6.92 Å². The molecule has 1 heterocycles. The molecular weight excluding hydrogens is 248 g/mol. The zero-order valence-corrected chi connectivity index (χ0v) is 11.8. The highest BCUT2D eigenvalue weighted by molar-refractivity contribution is 7.71. The van der Waals surface area contributed by atoms with Gasteiger partial charge in [0.2, 0.25) is 0 Å². The van der Waals surface area contributed by atoms with Crippen LogP contribution in [-0.2, 0) is 14.1 Å². The van der Waals surface area contributed by atoms with E-state index < -0.39 is 0 Å². The normalized spacial score (nSPS) is 15.3. The predicted molar refractivity (Wildman–Crippen MR) is 76.5 cm³/mol. The molecule has 18 heavy (non-hydrogen) atoms. The number of rotatable bonds is 4. The van der Waals surface area contributed by atoms with Crippen LogP contribution in [0.4, 0.5) is 11.5 Å². The van der Waals surface area contributed by atoms with E-state index in [4.69, 9.17) is 12.2 Å². The minimum absolute atomic E-state index is 0.155. The van der Waals surface area contributed by atoms with Gasteiger partial charge < -0.3 is 5.32 Å². The largest absolute Gasteiger partial charge is 0.379 e. The van der Waals surface area contributed by atoms with E-state index in [9.17, 15) is 4.79 Å². The third kappa shape index (κ3) is 2.38. The third-order valence-electron chi connectivity index (χ3n) is 3.15. The Morgan fingerprint density at radius 1 is 1.44 bits per heavy atom. The molecule has 0 spiro atoms. The van der Waals surface area contributed by atoms with Crippen molar-refractivity contribution in [2.45, 2.75) is 19.8 Å². The SMILES string of the molecule is C/C=N\c1c(NCC2CC2)c(=S)n(C)c(=O)n1C. The van der Waals surface area contributed by atoms with E-state index in [1.54, 1.807) is 20.3 Å². The zero-order chi connectivity index (χ0) is 13.3. The van der Waals surface area contributed by atoms with Crippen molar-refractivity contribution in [3.8, 4) is 0 Å². The molecule has 0 bridgehead atoms. The van der Waals surface area contributed by atoms with Crippen molar-refractivity contribution in [1.82, 2.24) is 9.13 Å². The maximum absolute atomic E-state index is 11.9. The van der Waals surface area contributed by atoms with Crippen LogP contribution >= 0.6 is 12.2 Å². The van der Waals surface area contributed by atoms with E-state index in [-0.39, 0.29) is 5.69 Å². The Bertz CT molecular complexity index is 595. The van der Waals surface area contributed by atoms with Crippen molar-refractivity contribution in [1.29, 1.82) is 0 Å². The molecule has 0 radical (unpaired) electrons. The summed E-state index contributed by atoms with van der Waals surface area (Å²) in [5, 5.41) is 3.34. The standard InChI is InChI=1S/C12H18N4OS/c1-4-13-10-9(14-7-8-5-6-8)11(18)16(3)12(17)15(10)2/h4,8,14H,5-7H2,1-3H3/b13-4-. The molecule has 98 valence electrons. The molecule has 5 nitrogen and oxygen atoms in total. The summed E-state index contributed by atoms with van der Waals surface area (Å²) in [6, 6.07) is 0. The van der Waals surface area contributed by atoms with E-state index in [0.717, 1.165) is 18.2 Å². The van der Waals surface area contributed by atoms with E-state index in [1.165, 1.54) is 22.0 Å². The average molecular weight is 266 g/mol. The second kappa shape index (κ2) is 5.06. The molecule has 2 rings (SSSR count). The third-order valence-corrected chi connectivity index (χ3v) is 3.63. The lowest BCUT2D eigenvalue weighted by atomic mass is 10.3. The van der Waals surface area contributed by atoms with Crippen molar-refractivity contribution < 1.29 is 0 Å². The minimum atomic E-state index is -0.155. The van der Waals surface area contributed by atoms with Gasteiger partial charge in [-0.2, -0.15) is 0 Å². The summed E-state index contributed by atoms with van der Waals surface area (Å²) in [6.07, 6.45) is 4.21. The predicted octanol–water partition coefficient (Wildman–Crippen LogP) is 2.00. The van der Waals surface area contributed by atoms with Crippen molar-refractivity contribution in [2.75, 3.05) is 11.9 Å². The quantitative estimate of drug-likeness (QED) is 0.670. The lowest BCUT2D eigenvalue weighted by molar-refractivity contribution is 0.702. The monoisotopic (exact) mass is 266 g/mol. The molecular formula is C12H18N4OS. The smallest absolute Gasteiger partial charge is 0.330 e. The van der Waals surface area contributed by atoms with E-state index in [0.29, 0.717) is 10.5 Å². The van der Waals surface area contributed by atoms with Crippen LogP contribution in [0.3, 0.4) is 0 Å². The van der Waals surface area contributed by atoms with Gasteiger partial charge in [-0.15, -0.1) is 0 Å². The van der Waals surface area contributed by atoms with Gasteiger partial charge in [0.05, 0.1) is 0 Å². The van der Waals surface area contributed by atoms with Crippen LogP contribution in [0.25, 0.3) is 0 Å². The summed E-state index contributed by atoms with van der Waals surface area (Å²) in [6.45, 7) is 2.72. The molecule has 1 aliphatic rings. The first-order valence-corrected chi connectivity index (χ1v) is 6.49. The summed E-state index contributed by atoms with van der Waals surface area (Å²) in [5.74, 6) is 1.34. The topological polar surface area (TPSA) is 51.3 Å². The van der Waals surface area contributed by atoms with Crippen LogP contribution < -0.4 is 11.0 Å². The molecule has 1 aromatic heterocycles. The molecule has 0 unspecified atom stereocenters. The van der Waals surface area contributed by atoms with Gasteiger partial charge in [0.15, 0.2) is 5.82 Å². The second-order valence-electron chi connectivity index (χ2n) is 4.62. The van der Waals surface area contributed by atoms with Crippen molar-refractivity contribution in [3.05, 3.63) is 15.1 Å². The summed E-state index contributed by atoms with van der Waals surface area (Å²) in [5.41, 5.74) is 0.622. The van der Waals surface area contributed by atoms with Crippen molar-refractivity contribution >= 4 is 29.9 Å². The molecule has 1 N–H and O–H groups in total. The number of anilines is 1. The van der Waals surface area contributed by atoms with Gasteiger partial charge in [0.1, 0.15) is 10.3 Å². The van der Waals surface area contributed by atoms with Crippen LogP contribution in [0, 0.1) is 10.6 Å². The highest BCUT2D eigenvalue weighted by atomic mass is 32.1. The fraction of sp³-hybridized carbons (Fsp3) is 0.583. The summed E-state index contributed by atoms with van der Waals surface area (Å²) >= 11 is 5.33. The fourth-order valence-electron chi connectivity index (χ4n) is 1.83. The van der Waals surface area contributed by atoms with E-state index in [2.05, 4.69) is 10.3 Å². The zero-order valence-electron chi connectivity index (χ0n) is 10.9. The Kier molecular flexibility index (Phi) is 3.65. The van der Waals surface area contributed by atoms with Gasteiger partial charge in [-0.05, 0) is 25.7 Å². The number of nitrogens with one attached hydrogen (secondary N) is 1. The molecule has 1 aliphatic carbocycles. The number of hydrogen-bond acceptors (Lipinski definition) is 4. The number of aromatic nitrogens is 2. The summed E-state index contributed by atoms with van der Waals surface area (Å²) in [7, 11) is 3.40. The Balaban J connectivity index is 2.52. The lowest BCUT2D eigenvalue weighted by Gasteiger charge is -2.14. The molecule has 0 saturated heterocycles. The van der Waals surface area contributed by atoms with Crippen LogP contribution in [0.15, 0.2) is 9.79 Å². The Morgan fingerprint density at radius 2 is 2.11 bits per heavy atom. The first-order chi connectivity index (χ1) is 8.56. The number of aliphatic imine (C=N–C) groups is 1. The van der Waals surface area contributed by atoms with Crippen LogP contribution in [0.5, 0.6) is 0 Å². The lowest BCUT2D eigenvalue weighted by Crippen LogP contribution is -2.28. The van der Waals surface area contributed by atoms with Gasteiger partial charge in [0, 0.05) is 26.9 Å². The van der Waals surface area contributed by atoms with Gasteiger partial charge >= 0.3 is 5.69 Å². The molecule has 0 atom stereocenters. The Morgan fingerprint density at radius 3 is 2.67 bits per heavy atom. The van der Waals surface area contributed by atoms with E-state index >= 15 is 0 Å². The summed E-state index contributed by atoms with van der Waals surface area (Å²) < 4.78 is 3.50. The Labute approximate surface area is 111 Å². The minimum Gasteiger partial charge on any atom is -0.379 e. The fourth-order valence-corrected chi connectivity index (χ4v) is 2.07. The second-order valence-corrected chi connectivity index (χ2v) is 5.00. The van der Waals surface area contributed by atoms with Gasteiger partial charge in [-0.1, -0.05) is 12.2 Å². The Hall–Kier alpha value is -1.43. The molecule has 1 fully saturated rings. The molecule has 0 aromatic carbocycles. The molecule has 0 amide bonds. The van der Waals surface area contributed by atoms with Crippen LogP contribution in [-0.4, -0.2) is 21.9 Å². The molecule has 1 saturated carbocycles. The first kappa shape index (κ1) is 13.0. The average Bonchev–Trinajstić information content (AvgIpc) is 3.17. The maximum atomic E-state index is 11.9. The molecule has 6 heteroatoms. The summed E-state index contributed by atoms with van der Waals surface area (Å²) in [4.78, 5) is 16.2. The van der Waals surface area contributed by atoms with Crippen LogP contribution in [0.2, 0.25) is 0 Å². The van der Waals surface area contributed by atoms with Gasteiger partial charge in [0.25, 0.3) is 0 Å². The molecule has 0 aliphatic heterocycles. The van der Waals surface area contributed by atoms with Gasteiger partial charge in [-0.3, -0.25) is 9.13 Å². The maximum Gasteiger partial charge on any atom is 0.330 e. The van der Waals surface area contributed by atoms with Crippen molar-refractivity contribution in [2.24, 2.45) is 25.0 Å². The first-order valence-electron chi connectivity index (χ1n) is 6.08. The van der Waals surface area contributed by atoms with Crippen molar-refractivity contribution in [3.63, 3.8) is 0 Å². The van der Waals surface area contributed by atoms with Crippen LogP contribution in [0.1, 0.15) is 19.8 Å². The number of nitrogens with zero attached hydrogens (tertiary/aromatic N) is 3. The van der Waals surface area contributed by atoms with Gasteiger partial charge in [-0.25, -0.2) is 9.79 Å². The highest BCUT2D eigenvalue weighted by Gasteiger charge is 2.22. The highest BCUT2D eigenvalue weighted by Crippen LogP contribution is 2.31. The number of hydrogen-bond donors (Lipinski definition) is 1.